The van der Waals surface area contributed by atoms with Crippen LogP contribution in [0.5, 0.6) is 0 Å². The molecule has 0 aliphatic rings. The van der Waals surface area contributed by atoms with Crippen LogP contribution in [0, 0.1) is 5.92 Å². The number of hydrogen-bond donors (Lipinski definition) is 1. The molecule has 118 valence electrons. The van der Waals surface area contributed by atoms with Crippen LogP contribution in [0.25, 0.3) is 0 Å². The van der Waals surface area contributed by atoms with Gasteiger partial charge in [0, 0.05) is 0 Å². The molecule has 0 amide bonds. The predicted octanol–water partition coefficient (Wildman–Crippen LogP) is 5.12. The van der Waals surface area contributed by atoms with Crippen LogP contribution in [0.15, 0.2) is 54.6 Å². The average molecular weight is 295 g/mol. The largest absolute Gasteiger partial charge is 0.330 e. The molecule has 2 atom stereocenters. The van der Waals surface area contributed by atoms with Gasteiger partial charge in [-0.2, -0.15) is 0 Å². The van der Waals surface area contributed by atoms with E-state index >= 15 is 0 Å². The van der Waals surface area contributed by atoms with Crippen LogP contribution in [0.2, 0.25) is 0 Å². The maximum Gasteiger partial charge on any atom is -0.00712 e. The second-order valence-corrected chi connectivity index (χ2v) is 6.68. The van der Waals surface area contributed by atoms with E-state index in [9.17, 15) is 0 Å². The Balaban J connectivity index is 2.33. The molecule has 0 radical (unpaired) electrons. The van der Waals surface area contributed by atoms with E-state index in [0.717, 1.165) is 19.4 Å². The van der Waals surface area contributed by atoms with Gasteiger partial charge in [0.25, 0.3) is 0 Å². The summed E-state index contributed by atoms with van der Waals surface area (Å²) in [6.07, 6.45) is 2.17. The zero-order chi connectivity index (χ0) is 15.9. The van der Waals surface area contributed by atoms with Crippen molar-refractivity contribution < 1.29 is 0 Å². The lowest BCUT2D eigenvalue weighted by molar-refractivity contribution is 0.533. The van der Waals surface area contributed by atoms with Gasteiger partial charge in [-0.25, -0.2) is 0 Å². The molecule has 0 spiro atoms. The first-order valence-corrected chi connectivity index (χ1v) is 8.46. The van der Waals surface area contributed by atoms with Crippen LogP contribution >= 0.6 is 0 Å². The molecule has 1 nitrogen and oxygen atoms in total. The molecule has 1 heteroatoms. The molecule has 2 aromatic rings. The third-order valence-electron chi connectivity index (χ3n) is 4.48. The molecule has 0 saturated heterocycles. The molecular formula is C21H29N. The minimum absolute atomic E-state index is 0.486. The zero-order valence-electron chi connectivity index (χ0n) is 14.1. The fourth-order valence-electron chi connectivity index (χ4n) is 3.41. The van der Waals surface area contributed by atoms with Crippen LogP contribution in [-0.2, 0) is 6.42 Å². The molecule has 0 bridgehead atoms. The lowest BCUT2D eigenvalue weighted by Gasteiger charge is -2.27. The van der Waals surface area contributed by atoms with Crippen molar-refractivity contribution in [1.29, 1.82) is 0 Å². The van der Waals surface area contributed by atoms with E-state index in [1.54, 1.807) is 0 Å². The van der Waals surface area contributed by atoms with Gasteiger partial charge in [-0.3, -0.25) is 0 Å². The summed E-state index contributed by atoms with van der Waals surface area (Å²) in [7, 11) is 0. The van der Waals surface area contributed by atoms with Gasteiger partial charge >= 0.3 is 0 Å². The fraction of sp³-hybridized carbons (Fsp3) is 0.429. The molecule has 0 fully saturated rings. The molecule has 2 N–H and O–H groups in total. The molecule has 0 saturated carbocycles. The lowest BCUT2D eigenvalue weighted by Crippen LogP contribution is -2.15. The Morgan fingerprint density at radius 3 is 2.14 bits per heavy atom. The van der Waals surface area contributed by atoms with Crippen molar-refractivity contribution in [1.82, 2.24) is 0 Å². The summed E-state index contributed by atoms with van der Waals surface area (Å²) in [5.41, 5.74) is 10.3. The number of rotatable bonds is 7. The molecule has 2 rings (SSSR count). The third-order valence-corrected chi connectivity index (χ3v) is 4.48. The van der Waals surface area contributed by atoms with E-state index in [0.29, 0.717) is 17.8 Å². The summed E-state index contributed by atoms with van der Waals surface area (Å²) in [5, 5.41) is 0. The standard InChI is InChI=1S/C21H29N/c1-16(2)15-19-11-7-8-12-20(19)17(3)21(13-14-22)18-9-5-4-6-10-18/h4-12,16-17,21H,13-15,22H2,1-3H3. The van der Waals surface area contributed by atoms with E-state index in [-0.39, 0.29) is 0 Å². The van der Waals surface area contributed by atoms with Crippen LogP contribution in [0.1, 0.15) is 55.7 Å². The van der Waals surface area contributed by atoms with Crippen molar-refractivity contribution in [2.24, 2.45) is 11.7 Å². The van der Waals surface area contributed by atoms with E-state index in [1.807, 2.05) is 0 Å². The first-order chi connectivity index (χ1) is 10.6. The highest BCUT2D eigenvalue weighted by Gasteiger charge is 2.22. The number of nitrogens with two attached hydrogens (primary N) is 1. The van der Waals surface area contributed by atoms with Gasteiger partial charge in [0.15, 0.2) is 0 Å². The van der Waals surface area contributed by atoms with Crippen molar-refractivity contribution in [3.63, 3.8) is 0 Å². The Kier molecular flexibility index (Phi) is 6.21. The Hall–Kier alpha value is -1.60. The number of hydrogen-bond acceptors (Lipinski definition) is 1. The monoisotopic (exact) mass is 295 g/mol. The number of benzene rings is 2. The molecule has 2 unspecified atom stereocenters. The van der Waals surface area contributed by atoms with Gasteiger partial charge in [0.1, 0.15) is 0 Å². The maximum absolute atomic E-state index is 5.90. The molecule has 0 aromatic heterocycles. The summed E-state index contributed by atoms with van der Waals surface area (Å²) < 4.78 is 0. The first-order valence-electron chi connectivity index (χ1n) is 8.46. The topological polar surface area (TPSA) is 26.0 Å². The van der Waals surface area contributed by atoms with Gasteiger partial charge in [0.2, 0.25) is 0 Å². The molecule has 22 heavy (non-hydrogen) atoms. The average Bonchev–Trinajstić information content (AvgIpc) is 2.53. The fourth-order valence-corrected chi connectivity index (χ4v) is 3.41. The van der Waals surface area contributed by atoms with Gasteiger partial charge in [-0.1, -0.05) is 75.4 Å². The molecule has 0 aliphatic heterocycles. The van der Waals surface area contributed by atoms with Crippen molar-refractivity contribution in [2.45, 2.75) is 45.4 Å². The molecule has 0 aliphatic carbocycles. The summed E-state index contributed by atoms with van der Waals surface area (Å²) in [6.45, 7) is 7.66. The summed E-state index contributed by atoms with van der Waals surface area (Å²) in [5.74, 6) is 1.65. The summed E-state index contributed by atoms with van der Waals surface area (Å²) in [4.78, 5) is 0. The SMILES string of the molecule is CC(C)Cc1ccccc1C(C)C(CCN)c1ccccc1. The molecule has 2 aromatic carbocycles. The van der Waals surface area contributed by atoms with E-state index in [1.165, 1.54) is 16.7 Å². The van der Waals surface area contributed by atoms with Crippen LogP contribution in [-0.4, -0.2) is 6.54 Å². The van der Waals surface area contributed by atoms with Crippen molar-refractivity contribution in [3.8, 4) is 0 Å². The Bertz CT molecular complexity index is 559. The van der Waals surface area contributed by atoms with E-state index in [2.05, 4.69) is 75.4 Å². The molecular weight excluding hydrogens is 266 g/mol. The van der Waals surface area contributed by atoms with Crippen LogP contribution in [0.4, 0.5) is 0 Å². The van der Waals surface area contributed by atoms with Crippen LogP contribution < -0.4 is 5.73 Å². The second kappa shape index (κ2) is 8.14. The van der Waals surface area contributed by atoms with Crippen LogP contribution in [0.3, 0.4) is 0 Å². The normalized spacial score (nSPS) is 14.0. The highest BCUT2D eigenvalue weighted by Crippen LogP contribution is 2.37. The summed E-state index contributed by atoms with van der Waals surface area (Å²) in [6, 6.07) is 19.7. The molecule has 0 heterocycles. The minimum Gasteiger partial charge on any atom is -0.330 e. The van der Waals surface area contributed by atoms with E-state index in [4.69, 9.17) is 5.73 Å². The highest BCUT2D eigenvalue weighted by atomic mass is 14.5. The maximum atomic E-state index is 5.90. The van der Waals surface area contributed by atoms with Gasteiger partial charge in [-0.15, -0.1) is 0 Å². The van der Waals surface area contributed by atoms with Gasteiger partial charge in [-0.05, 0) is 53.8 Å². The first kappa shape index (κ1) is 16.8. The van der Waals surface area contributed by atoms with Gasteiger partial charge in [0.05, 0.1) is 0 Å². The van der Waals surface area contributed by atoms with Crippen molar-refractivity contribution in [3.05, 3.63) is 71.3 Å². The lowest BCUT2D eigenvalue weighted by atomic mass is 9.78. The predicted molar refractivity (Wildman–Crippen MR) is 96.3 cm³/mol. The summed E-state index contributed by atoms with van der Waals surface area (Å²) >= 11 is 0. The minimum atomic E-state index is 0.486. The van der Waals surface area contributed by atoms with Crippen molar-refractivity contribution >= 4 is 0 Å². The van der Waals surface area contributed by atoms with E-state index < -0.39 is 0 Å². The Labute approximate surface area is 135 Å². The second-order valence-electron chi connectivity index (χ2n) is 6.68. The quantitative estimate of drug-likeness (QED) is 0.753. The Morgan fingerprint density at radius 1 is 0.864 bits per heavy atom. The zero-order valence-corrected chi connectivity index (χ0v) is 14.1. The smallest absolute Gasteiger partial charge is 0.00712 e. The van der Waals surface area contributed by atoms with Gasteiger partial charge < -0.3 is 5.73 Å². The highest BCUT2D eigenvalue weighted by molar-refractivity contribution is 5.34. The van der Waals surface area contributed by atoms with Crippen molar-refractivity contribution in [2.75, 3.05) is 6.54 Å². The third kappa shape index (κ3) is 4.20. The Morgan fingerprint density at radius 2 is 1.50 bits per heavy atom.